The van der Waals surface area contributed by atoms with E-state index in [-0.39, 0.29) is 0 Å². The predicted octanol–water partition coefficient (Wildman–Crippen LogP) is 4.73. The van der Waals surface area contributed by atoms with Crippen molar-refractivity contribution < 1.29 is 0 Å². The Morgan fingerprint density at radius 1 is 0.786 bits per heavy atom. The molecule has 0 unspecified atom stereocenters. The van der Waals surface area contributed by atoms with E-state index in [1.165, 1.54) is 51.4 Å². The van der Waals surface area contributed by atoms with Gasteiger partial charge in [0.1, 0.15) is 0 Å². The van der Waals surface area contributed by atoms with Gasteiger partial charge in [-0.15, -0.1) is 13.2 Å². The molecule has 0 aliphatic heterocycles. The highest BCUT2D eigenvalue weighted by Gasteiger charge is 2.19. The first-order valence-corrected chi connectivity index (χ1v) is 6.08. The summed E-state index contributed by atoms with van der Waals surface area (Å²) in [6, 6.07) is 0. The summed E-state index contributed by atoms with van der Waals surface area (Å²) in [4.78, 5) is 0. The molecule has 0 nitrogen and oxygen atoms in total. The fourth-order valence-corrected chi connectivity index (χ4v) is 2.52. The largest absolute Gasteiger partial charge is 0.103 e. The third-order valence-corrected chi connectivity index (χ3v) is 3.52. The standard InChI is InChI=1S/C14H24/c1-3-5-7-13-9-11-14(12-10-13)8-6-4-2/h3-4,13-14H,1-2,5-12H2. The molecule has 0 saturated heterocycles. The average molecular weight is 192 g/mol. The van der Waals surface area contributed by atoms with Crippen molar-refractivity contribution in [3.63, 3.8) is 0 Å². The summed E-state index contributed by atoms with van der Waals surface area (Å²) in [5, 5.41) is 0. The molecule has 80 valence electrons. The monoisotopic (exact) mass is 192 g/mol. The van der Waals surface area contributed by atoms with Gasteiger partial charge in [0.05, 0.1) is 0 Å². The predicted molar refractivity (Wildman–Crippen MR) is 64.3 cm³/mol. The molecule has 0 aromatic carbocycles. The van der Waals surface area contributed by atoms with Gasteiger partial charge in [-0.3, -0.25) is 0 Å². The van der Waals surface area contributed by atoms with Gasteiger partial charge in [0.2, 0.25) is 0 Å². The van der Waals surface area contributed by atoms with Crippen LogP contribution in [0.3, 0.4) is 0 Å². The lowest BCUT2D eigenvalue weighted by atomic mass is 9.78. The molecule has 0 N–H and O–H groups in total. The first kappa shape index (κ1) is 11.6. The van der Waals surface area contributed by atoms with E-state index < -0.39 is 0 Å². The molecule has 1 aliphatic carbocycles. The van der Waals surface area contributed by atoms with Crippen molar-refractivity contribution in [2.75, 3.05) is 0 Å². The molecule has 1 saturated carbocycles. The lowest BCUT2D eigenvalue weighted by Crippen LogP contribution is -2.14. The van der Waals surface area contributed by atoms with Crippen LogP contribution in [0.2, 0.25) is 0 Å². The summed E-state index contributed by atoms with van der Waals surface area (Å²) in [7, 11) is 0. The van der Waals surface area contributed by atoms with E-state index in [1.807, 2.05) is 0 Å². The van der Waals surface area contributed by atoms with Crippen LogP contribution in [-0.4, -0.2) is 0 Å². The Morgan fingerprint density at radius 3 is 1.43 bits per heavy atom. The number of allylic oxidation sites excluding steroid dienone is 2. The van der Waals surface area contributed by atoms with Crippen molar-refractivity contribution in [2.24, 2.45) is 11.8 Å². The molecule has 0 aromatic rings. The molecule has 0 heteroatoms. The minimum Gasteiger partial charge on any atom is -0.103 e. The van der Waals surface area contributed by atoms with Crippen LogP contribution in [-0.2, 0) is 0 Å². The summed E-state index contributed by atoms with van der Waals surface area (Å²) >= 11 is 0. The van der Waals surface area contributed by atoms with E-state index in [4.69, 9.17) is 0 Å². The number of hydrogen-bond acceptors (Lipinski definition) is 0. The lowest BCUT2D eigenvalue weighted by molar-refractivity contribution is 0.255. The summed E-state index contributed by atoms with van der Waals surface area (Å²) < 4.78 is 0. The van der Waals surface area contributed by atoms with Crippen LogP contribution in [0.15, 0.2) is 25.3 Å². The quantitative estimate of drug-likeness (QED) is 0.534. The molecule has 0 spiro atoms. The van der Waals surface area contributed by atoms with Gasteiger partial charge in [0, 0.05) is 0 Å². The van der Waals surface area contributed by atoms with Crippen molar-refractivity contribution in [2.45, 2.75) is 51.4 Å². The first-order chi connectivity index (χ1) is 6.86. The highest BCUT2D eigenvalue weighted by atomic mass is 14.2. The Kier molecular flexibility index (Phi) is 5.66. The highest BCUT2D eigenvalue weighted by molar-refractivity contribution is 4.77. The molecule has 0 atom stereocenters. The van der Waals surface area contributed by atoms with Crippen LogP contribution in [0.25, 0.3) is 0 Å². The maximum atomic E-state index is 3.79. The topological polar surface area (TPSA) is 0 Å². The van der Waals surface area contributed by atoms with Crippen LogP contribution >= 0.6 is 0 Å². The third kappa shape index (κ3) is 4.13. The molecule has 0 radical (unpaired) electrons. The molecule has 1 fully saturated rings. The second kappa shape index (κ2) is 6.86. The molecule has 1 aliphatic rings. The second-order valence-electron chi connectivity index (χ2n) is 4.62. The van der Waals surface area contributed by atoms with Crippen molar-refractivity contribution in [3.8, 4) is 0 Å². The van der Waals surface area contributed by atoms with E-state index in [2.05, 4.69) is 25.3 Å². The highest BCUT2D eigenvalue weighted by Crippen LogP contribution is 2.33. The normalized spacial score (nSPS) is 27.1. The molecular weight excluding hydrogens is 168 g/mol. The van der Waals surface area contributed by atoms with E-state index in [0.717, 1.165) is 11.8 Å². The summed E-state index contributed by atoms with van der Waals surface area (Å²) in [6.07, 6.45) is 15.1. The Hall–Kier alpha value is -0.520. The van der Waals surface area contributed by atoms with Gasteiger partial charge in [0.25, 0.3) is 0 Å². The molecule has 0 bridgehead atoms. The van der Waals surface area contributed by atoms with E-state index in [1.54, 1.807) is 0 Å². The van der Waals surface area contributed by atoms with E-state index >= 15 is 0 Å². The Bertz CT molecular complexity index is 141. The lowest BCUT2D eigenvalue weighted by Gasteiger charge is -2.28. The van der Waals surface area contributed by atoms with Crippen LogP contribution in [0.5, 0.6) is 0 Å². The molecule has 0 amide bonds. The summed E-state index contributed by atoms with van der Waals surface area (Å²) in [5.41, 5.74) is 0. The first-order valence-electron chi connectivity index (χ1n) is 6.08. The second-order valence-corrected chi connectivity index (χ2v) is 4.62. The molecule has 0 heterocycles. The van der Waals surface area contributed by atoms with Crippen LogP contribution < -0.4 is 0 Å². The SMILES string of the molecule is C=CCCC1CCC(CCC=C)CC1. The van der Waals surface area contributed by atoms with Gasteiger partial charge in [0.15, 0.2) is 0 Å². The maximum absolute atomic E-state index is 3.79. The smallest absolute Gasteiger partial charge is 0.0351 e. The molecule has 14 heavy (non-hydrogen) atoms. The Morgan fingerprint density at radius 2 is 1.14 bits per heavy atom. The number of rotatable bonds is 6. The van der Waals surface area contributed by atoms with Crippen molar-refractivity contribution in [1.82, 2.24) is 0 Å². The number of hydrogen-bond donors (Lipinski definition) is 0. The fraction of sp³-hybridized carbons (Fsp3) is 0.714. The van der Waals surface area contributed by atoms with Gasteiger partial charge in [-0.2, -0.15) is 0 Å². The van der Waals surface area contributed by atoms with E-state index in [0.29, 0.717) is 0 Å². The average Bonchev–Trinajstić information content (AvgIpc) is 2.25. The minimum atomic E-state index is 0.994. The third-order valence-electron chi connectivity index (χ3n) is 3.52. The summed E-state index contributed by atoms with van der Waals surface area (Å²) in [6.45, 7) is 7.58. The van der Waals surface area contributed by atoms with Crippen LogP contribution in [0.4, 0.5) is 0 Å². The minimum absolute atomic E-state index is 0.994. The van der Waals surface area contributed by atoms with Gasteiger partial charge >= 0.3 is 0 Å². The zero-order valence-electron chi connectivity index (χ0n) is 9.38. The van der Waals surface area contributed by atoms with Gasteiger partial charge in [-0.05, 0) is 37.5 Å². The Balaban J connectivity index is 2.10. The van der Waals surface area contributed by atoms with Gasteiger partial charge in [-0.25, -0.2) is 0 Å². The molecule has 1 rings (SSSR count). The Labute approximate surface area is 89.1 Å². The maximum Gasteiger partial charge on any atom is -0.0351 e. The molecular formula is C14H24. The van der Waals surface area contributed by atoms with Crippen LogP contribution in [0.1, 0.15) is 51.4 Å². The zero-order chi connectivity index (χ0) is 10.2. The zero-order valence-corrected chi connectivity index (χ0v) is 9.38. The fourth-order valence-electron chi connectivity index (χ4n) is 2.52. The summed E-state index contributed by atoms with van der Waals surface area (Å²) in [5.74, 6) is 1.99. The molecule has 0 aromatic heterocycles. The van der Waals surface area contributed by atoms with E-state index in [9.17, 15) is 0 Å². The van der Waals surface area contributed by atoms with Crippen molar-refractivity contribution >= 4 is 0 Å². The van der Waals surface area contributed by atoms with Gasteiger partial charge in [-0.1, -0.05) is 37.8 Å². The van der Waals surface area contributed by atoms with Gasteiger partial charge < -0.3 is 0 Å². The van der Waals surface area contributed by atoms with Crippen molar-refractivity contribution in [1.29, 1.82) is 0 Å². The van der Waals surface area contributed by atoms with Crippen molar-refractivity contribution in [3.05, 3.63) is 25.3 Å². The van der Waals surface area contributed by atoms with Crippen LogP contribution in [0, 0.1) is 11.8 Å².